The SMILES string of the molecule is Fc1[c]ncc(C(F)(F)C(F)(F)C(F)(F)C(F)(F)F)c1. The van der Waals surface area contributed by atoms with Crippen molar-refractivity contribution in [1.29, 1.82) is 0 Å². The van der Waals surface area contributed by atoms with Gasteiger partial charge in [0.2, 0.25) is 0 Å². The molecular formula is C9H2F10N. The van der Waals surface area contributed by atoms with E-state index in [-0.39, 0.29) is 12.3 Å². The maximum Gasteiger partial charge on any atom is 0.460 e. The Balaban J connectivity index is 3.39. The Hall–Kier alpha value is -1.55. The molecule has 11 heteroatoms. The van der Waals surface area contributed by atoms with E-state index in [0.717, 1.165) is 0 Å². The lowest BCUT2D eigenvalue weighted by Crippen LogP contribution is -2.59. The van der Waals surface area contributed by atoms with Crippen molar-refractivity contribution in [2.75, 3.05) is 0 Å². The van der Waals surface area contributed by atoms with Gasteiger partial charge in [-0.2, -0.15) is 39.5 Å². The van der Waals surface area contributed by atoms with E-state index in [1.165, 1.54) is 6.20 Å². The number of nitrogens with zero attached hydrogens (tertiary/aromatic N) is 1. The molecule has 0 aliphatic carbocycles. The molecule has 0 saturated heterocycles. The smallest absolute Gasteiger partial charge is 0.251 e. The van der Waals surface area contributed by atoms with Gasteiger partial charge in [0.25, 0.3) is 0 Å². The van der Waals surface area contributed by atoms with Gasteiger partial charge in [-0.1, -0.05) is 0 Å². The molecule has 0 spiro atoms. The van der Waals surface area contributed by atoms with Crippen LogP contribution in [0.4, 0.5) is 43.9 Å². The Morgan fingerprint density at radius 3 is 1.75 bits per heavy atom. The summed E-state index contributed by atoms with van der Waals surface area (Å²) < 4.78 is 125. The summed E-state index contributed by atoms with van der Waals surface area (Å²) >= 11 is 0. The van der Waals surface area contributed by atoms with Gasteiger partial charge < -0.3 is 0 Å². The van der Waals surface area contributed by atoms with E-state index in [1.807, 2.05) is 0 Å². The molecule has 0 bridgehead atoms. The molecule has 1 nitrogen and oxygen atoms in total. The third-order valence-electron chi connectivity index (χ3n) is 2.16. The van der Waals surface area contributed by atoms with E-state index in [0.29, 0.717) is 0 Å². The van der Waals surface area contributed by atoms with Gasteiger partial charge in [0, 0.05) is 11.8 Å². The molecule has 0 saturated carbocycles. The van der Waals surface area contributed by atoms with Gasteiger partial charge in [-0.15, -0.1) is 0 Å². The standard InChI is InChI=1S/C9H2F10N/c10-5-1-4(2-20-3-5)6(11,12)7(13,14)8(15,16)9(17,18)19/h1-2H. The van der Waals surface area contributed by atoms with Crippen LogP contribution >= 0.6 is 0 Å². The average Bonchev–Trinajstić information content (AvgIpc) is 2.26. The van der Waals surface area contributed by atoms with Crippen LogP contribution in [0.15, 0.2) is 12.3 Å². The zero-order valence-corrected chi connectivity index (χ0v) is 8.88. The second kappa shape index (κ2) is 4.48. The summed E-state index contributed by atoms with van der Waals surface area (Å²) in [5.41, 5.74) is -2.14. The minimum atomic E-state index is -7.03. The van der Waals surface area contributed by atoms with Gasteiger partial charge >= 0.3 is 23.9 Å². The fourth-order valence-electron chi connectivity index (χ4n) is 1.10. The van der Waals surface area contributed by atoms with Crippen LogP contribution < -0.4 is 0 Å². The van der Waals surface area contributed by atoms with Crippen LogP contribution in [0.25, 0.3) is 0 Å². The first-order chi connectivity index (χ1) is 8.75. The Labute approximate surface area is 104 Å². The molecule has 0 aromatic carbocycles. The third-order valence-corrected chi connectivity index (χ3v) is 2.16. The van der Waals surface area contributed by atoms with Gasteiger partial charge in [-0.25, -0.2) is 4.39 Å². The van der Waals surface area contributed by atoms with E-state index in [2.05, 4.69) is 4.98 Å². The maximum atomic E-state index is 13.2. The molecule has 0 atom stereocenters. The summed E-state index contributed by atoms with van der Waals surface area (Å²) in [6.45, 7) is 0. The fraction of sp³-hybridized carbons (Fsp3) is 0.444. The molecule has 0 fully saturated rings. The summed E-state index contributed by atoms with van der Waals surface area (Å²) in [4.78, 5) is 2.57. The number of pyridine rings is 1. The van der Waals surface area contributed by atoms with E-state index in [4.69, 9.17) is 0 Å². The number of hydrogen-bond donors (Lipinski definition) is 0. The second-order valence-corrected chi connectivity index (χ2v) is 3.54. The molecule has 0 amide bonds. The normalized spacial score (nSPS) is 14.5. The first-order valence-corrected chi connectivity index (χ1v) is 4.49. The molecule has 0 aliphatic heterocycles. The van der Waals surface area contributed by atoms with Crippen molar-refractivity contribution in [3.63, 3.8) is 0 Å². The van der Waals surface area contributed by atoms with Crippen LogP contribution in [-0.2, 0) is 5.92 Å². The highest BCUT2D eigenvalue weighted by atomic mass is 19.4. The minimum absolute atomic E-state index is 0.191. The Morgan fingerprint density at radius 1 is 0.850 bits per heavy atom. The number of halogens is 10. The fourth-order valence-corrected chi connectivity index (χ4v) is 1.10. The Morgan fingerprint density at radius 2 is 1.35 bits per heavy atom. The van der Waals surface area contributed by atoms with Crippen LogP contribution in [0.1, 0.15) is 5.56 Å². The maximum absolute atomic E-state index is 13.2. The minimum Gasteiger partial charge on any atom is -0.251 e. The quantitative estimate of drug-likeness (QED) is 0.770. The van der Waals surface area contributed by atoms with E-state index < -0.39 is 35.3 Å². The lowest BCUT2D eigenvalue weighted by molar-refractivity contribution is -0.399. The van der Waals surface area contributed by atoms with Crippen molar-refractivity contribution in [2.24, 2.45) is 0 Å². The van der Waals surface area contributed by atoms with Crippen LogP contribution in [0, 0.1) is 12.0 Å². The van der Waals surface area contributed by atoms with E-state index in [9.17, 15) is 43.9 Å². The number of alkyl halides is 9. The molecule has 1 aromatic rings. The molecular weight excluding hydrogens is 312 g/mol. The van der Waals surface area contributed by atoms with E-state index >= 15 is 0 Å². The predicted molar refractivity (Wildman–Crippen MR) is 42.9 cm³/mol. The van der Waals surface area contributed by atoms with Crippen molar-refractivity contribution >= 4 is 0 Å². The molecule has 113 valence electrons. The number of rotatable bonds is 3. The monoisotopic (exact) mass is 314 g/mol. The first kappa shape index (κ1) is 16.5. The molecule has 0 aliphatic rings. The molecule has 0 N–H and O–H groups in total. The summed E-state index contributed by atoms with van der Waals surface area (Å²) in [5, 5.41) is 0. The van der Waals surface area contributed by atoms with Gasteiger partial charge in [-0.05, 0) is 6.07 Å². The van der Waals surface area contributed by atoms with Gasteiger partial charge in [0.1, 0.15) is 6.20 Å². The third kappa shape index (κ3) is 2.29. The van der Waals surface area contributed by atoms with Gasteiger partial charge in [0.15, 0.2) is 5.82 Å². The first-order valence-electron chi connectivity index (χ1n) is 4.49. The highest BCUT2D eigenvalue weighted by Gasteiger charge is 2.82. The summed E-state index contributed by atoms with van der Waals surface area (Å²) in [6.07, 6.45) is -5.76. The van der Waals surface area contributed by atoms with Crippen molar-refractivity contribution in [3.05, 3.63) is 29.8 Å². The highest BCUT2D eigenvalue weighted by molar-refractivity contribution is 5.21. The van der Waals surface area contributed by atoms with Crippen LogP contribution in [0.2, 0.25) is 0 Å². The van der Waals surface area contributed by atoms with Crippen molar-refractivity contribution in [1.82, 2.24) is 4.98 Å². The number of hydrogen-bond acceptors (Lipinski definition) is 1. The molecule has 0 unspecified atom stereocenters. The Kier molecular flexibility index (Phi) is 3.70. The molecule has 1 radical (unpaired) electrons. The van der Waals surface area contributed by atoms with Crippen molar-refractivity contribution in [3.8, 4) is 0 Å². The van der Waals surface area contributed by atoms with E-state index in [1.54, 1.807) is 0 Å². The summed E-state index contributed by atoms with van der Waals surface area (Å²) in [5.74, 6) is -21.6. The Bertz CT molecular complexity index is 492. The summed E-state index contributed by atoms with van der Waals surface area (Å²) in [6, 6.07) is -0.368. The lowest BCUT2D eigenvalue weighted by Gasteiger charge is -2.33. The van der Waals surface area contributed by atoms with Crippen LogP contribution in [-0.4, -0.2) is 23.0 Å². The average molecular weight is 314 g/mol. The van der Waals surface area contributed by atoms with Crippen LogP contribution in [0.3, 0.4) is 0 Å². The lowest BCUT2D eigenvalue weighted by atomic mass is 9.98. The van der Waals surface area contributed by atoms with Crippen molar-refractivity contribution in [2.45, 2.75) is 23.9 Å². The number of aromatic nitrogens is 1. The second-order valence-electron chi connectivity index (χ2n) is 3.54. The molecule has 20 heavy (non-hydrogen) atoms. The molecule has 1 aromatic heterocycles. The van der Waals surface area contributed by atoms with Crippen molar-refractivity contribution < 1.29 is 43.9 Å². The van der Waals surface area contributed by atoms with Gasteiger partial charge in [0.05, 0.1) is 0 Å². The zero-order chi connectivity index (χ0) is 16.0. The van der Waals surface area contributed by atoms with Crippen LogP contribution in [0.5, 0.6) is 0 Å². The molecule has 1 heterocycles. The highest BCUT2D eigenvalue weighted by Crippen LogP contribution is 2.56. The molecule has 1 rings (SSSR count). The zero-order valence-electron chi connectivity index (χ0n) is 8.88. The topological polar surface area (TPSA) is 12.9 Å². The van der Waals surface area contributed by atoms with Gasteiger partial charge in [-0.3, -0.25) is 4.98 Å². The summed E-state index contributed by atoms with van der Waals surface area (Å²) in [7, 11) is 0. The predicted octanol–water partition coefficient (Wildman–Crippen LogP) is 3.95. The largest absolute Gasteiger partial charge is 0.460 e.